The van der Waals surface area contributed by atoms with Crippen molar-refractivity contribution in [3.63, 3.8) is 0 Å². The number of aromatic hydroxyl groups is 1. The number of likely N-dealkylation sites (N-methyl/N-ethyl adjacent to an activating group) is 1. The highest BCUT2D eigenvalue weighted by Crippen LogP contribution is 2.34. The lowest BCUT2D eigenvalue weighted by Gasteiger charge is -2.34. The van der Waals surface area contributed by atoms with Crippen LogP contribution in [0.4, 0.5) is 5.69 Å². The van der Waals surface area contributed by atoms with Crippen molar-refractivity contribution in [2.75, 3.05) is 52.3 Å². The Morgan fingerprint density at radius 3 is 2.50 bits per heavy atom. The summed E-state index contributed by atoms with van der Waals surface area (Å²) >= 11 is 0. The molecule has 1 N–H and O–H groups in total. The Balaban J connectivity index is 1.79. The van der Waals surface area contributed by atoms with Gasteiger partial charge in [-0.05, 0) is 30.8 Å². The predicted molar refractivity (Wildman–Crippen MR) is 111 cm³/mol. The van der Waals surface area contributed by atoms with E-state index in [1.54, 1.807) is 12.1 Å². The van der Waals surface area contributed by atoms with Crippen LogP contribution in [0, 0.1) is 0 Å². The third kappa shape index (κ3) is 4.46. The van der Waals surface area contributed by atoms with Gasteiger partial charge in [0.15, 0.2) is 5.78 Å². The zero-order valence-corrected chi connectivity index (χ0v) is 16.5. The number of hydrogen-bond acceptors (Lipinski definition) is 6. The van der Waals surface area contributed by atoms with Gasteiger partial charge in [0.25, 0.3) is 0 Å². The van der Waals surface area contributed by atoms with Crippen molar-refractivity contribution in [1.82, 2.24) is 4.90 Å². The van der Waals surface area contributed by atoms with Crippen LogP contribution < -0.4 is 14.4 Å². The number of carbonyl (C=O) groups is 1. The van der Waals surface area contributed by atoms with Gasteiger partial charge in [-0.3, -0.25) is 4.79 Å². The fraction of sp³-hybridized carbons (Fsp3) is 0.318. The van der Waals surface area contributed by atoms with E-state index in [0.717, 1.165) is 37.4 Å². The highest BCUT2D eigenvalue weighted by Gasteiger charge is 2.17. The van der Waals surface area contributed by atoms with E-state index in [2.05, 4.69) is 29.0 Å². The van der Waals surface area contributed by atoms with Crippen LogP contribution in [0.15, 0.2) is 42.5 Å². The van der Waals surface area contributed by atoms with Gasteiger partial charge < -0.3 is 24.4 Å². The lowest BCUT2D eigenvalue weighted by atomic mass is 10.1. The topological polar surface area (TPSA) is 62.2 Å². The van der Waals surface area contributed by atoms with Crippen LogP contribution in [0.2, 0.25) is 0 Å². The number of anilines is 1. The molecule has 0 amide bonds. The largest absolute Gasteiger partial charge is 0.507 e. The zero-order chi connectivity index (χ0) is 20.1. The maximum atomic E-state index is 12.7. The number of phenols is 1. The molecule has 0 unspecified atom stereocenters. The molecule has 2 aromatic rings. The number of hydrogen-bond donors (Lipinski definition) is 1. The van der Waals surface area contributed by atoms with Crippen LogP contribution in [0.25, 0.3) is 6.08 Å². The van der Waals surface area contributed by atoms with Crippen molar-refractivity contribution in [3.8, 4) is 17.2 Å². The molecule has 148 valence electrons. The lowest BCUT2D eigenvalue weighted by Crippen LogP contribution is -2.44. The number of benzene rings is 2. The minimum atomic E-state index is -0.331. The lowest BCUT2D eigenvalue weighted by molar-refractivity contribution is 0.104. The second kappa shape index (κ2) is 8.80. The smallest absolute Gasteiger partial charge is 0.193 e. The first-order valence-corrected chi connectivity index (χ1v) is 9.22. The average molecular weight is 382 g/mol. The Morgan fingerprint density at radius 1 is 1.07 bits per heavy atom. The van der Waals surface area contributed by atoms with Crippen LogP contribution in [0.1, 0.15) is 15.9 Å². The second-order valence-electron chi connectivity index (χ2n) is 6.81. The fourth-order valence-corrected chi connectivity index (χ4v) is 3.25. The molecule has 2 aromatic carbocycles. The van der Waals surface area contributed by atoms with Crippen LogP contribution >= 0.6 is 0 Å². The third-order valence-corrected chi connectivity index (χ3v) is 4.92. The van der Waals surface area contributed by atoms with Gasteiger partial charge in [-0.2, -0.15) is 0 Å². The van der Waals surface area contributed by atoms with E-state index in [1.165, 1.54) is 26.4 Å². The molecule has 6 heteroatoms. The highest BCUT2D eigenvalue weighted by atomic mass is 16.5. The van der Waals surface area contributed by atoms with E-state index >= 15 is 0 Å². The van der Waals surface area contributed by atoms with Gasteiger partial charge in [-0.25, -0.2) is 0 Å². The number of ketones is 1. The maximum absolute atomic E-state index is 12.7. The van der Waals surface area contributed by atoms with Crippen LogP contribution in [0.5, 0.6) is 17.2 Å². The molecular weight excluding hydrogens is 356 g/mol. The Labute approximate surface area is 165 Å². The summed E-state index contributed by atoms with van der Waals surface area (Å²) in [4.78, 5) is 17.3. The van der Waals surface area contributed by atoms with Gasteiger partial charge in [0.05, 0.1) is 14.2 Å². The fourth-order valence-electron chi connectivity index (χ4n) is 3.25. The number of phenolic OH excluding ortho intramolecular Hbond substituents is 1. The van der Waals surface area contributed by atoms with Crippen LogP contribution in [-0.4, -0.2) is 63.2 Å². The number of piperazine rings is 1. The van der Waals surface area contributed by atoms with E-state index < -0.39 is 0 Å². The summed E-state index contributed by atoms with van der Waals surface area (Å²) in [5, 5.41) is 10.2. The molecule has 28 heavy (non-hydrogen) atoms. The molecule has 0 spiro atoms. The first kappa shape index (κ1) is 19.8. The summed E-state index contributed by atoms with van der Waals surface area (Å²) in [6.45, 7) is 4.04. The average Bonchev–Trinajstić information content (AvgIpc) is 2.72. The first-order valence-electron chi connectivity index (χ1n) is 9.22. The van der Waals surface area contributed by atoms with Gasteiger partial charge in [-0.1, -0.05) is 18.2 Å². The van der Waals surface area contributed by atoms with Gasteiger partial charge >= 0.3 is 0 Å². The van der Waals surface area contributed by atoms with Crippen molar-refractivity contribution in [2.45, 2.75) is 0 Å². The van der Waals surface area contributed by atoms with Gasteiger partial charge in [0.2, 0.25) is 0 Å². The van der Waals surface area contributed by atoms with Crippen LogP contribution in [-0.2, 0) is 0 Å². The summed E-state index contributed by atoms with van der Waals surface area (Å²) in [5.41, 5.74) is 2.19. The van der Waals surface area contributed by atoms with Crippen molar-refractivity contribution >= 4 is 17.5 Å². The molecule has 0 bridgehead atoms. The maximum Gasteiger partial charge on any atom is 0.193 e. The van der Waals surface area contributed by atoms with E-state index in [1.807, 2.05) is 12.1 Å². The summed E-state index contributed by atoms with van der Waals surface area (Å²) in [7, 11) is 5.07. The molecule has 1 fully saturated rings. The van der Waals surface area contributed by atoms with E-state index in [4.69, 9.17) is 9.47 Å². The zero-order valence-electron chi connectivity index (χ0n) is 16.5. The standard InChI is InChI=1S/C22H26N2O4/c1-23-9-11-24(12-10-23)17-6-4-5-16(13-17)7-8-19(25)22-20(26)14-18(27-2)15-21(22)28-3/h4-8,13-15,26H,9-12H2,1-3H3/b8-7+. The summed E-state index contributed by atoms with van der Waals surface area (Å²) in [6, 6.07) is 11.1. The number of ether oxygens (including phenoxy) is 2. The number of carbonyl (C=O) groups excluding carboxylic acids is 1. The van der Waals surface area contributed by atoms with Gasteiger partial charge in [0, 0.05) is 44.0 Å². The SMILES string of the molecule is COc1cc(O)c(C(=O)/C=C/c2cccc(N3CCN(C)CC3)c2)c(OC)c1. The number of methoxy groups -OCH3 is 2. The molecule has 1 aliphatic rings. The molecule has 0 aromatic heterocycles. The second-order valence-corrected chi connectivity index (χ2v) is 6.81. The normalized spacial score (nSPS) is 15.0. The summed E-state index contributed by atoms with van der Waals surface area (Å²) in [6.07, 6.45) is 3.21. The molecule has 1 aliphatic heterocycles. The first-order chi connectivity index (χ1) is 13.5. The Bertz CT molecular complexity index is 871. The molecule has 1 saturated heterocycles. The number of allylic oxidation sites excluding steroid dienone is 1. The molecule has 3 rings (SSSR count). The van der Waals surface area contributed by atoms with Crippen LogP contribution in [0.3, 0.4) is 0 Å². The van der Waals surface area contributed by atoms with E-state index in [9.17, 15) is 9.90 Å². The third-order valence-electron chi connectivity index (χ3n) is 4.92. The monoisotopic (exact) mass is 382 g/mol. The molecule has 6 nitrogen and oxygen atoms in total. The summed E-state index contributed by atoms with van der Waals surface area (Å²) in [5.74, 6) is 0.200. The Kier molecular flexibility index (Phi) is 6.21. The van der Waals surface area contributed by atoms with E-state index in [0.29, 0.717) is 5.75 Å². The summed E-state index contributed by atoms with van der Waals surface area (Å²) < 4.78 is 10.3. The minimum Gasteiger partial charge on any atom is -0.507 e. The quantitative estimate of drug-likeness (QED) is 0.612. The van der Waals surface area contributed by atoms with Gasteiger partial charge in [-0.15, -0.1) is 0 Å². The van der Waals surface area contributed by atoms with Crippen molar-refractivity contribution in [3.05, 3.63) is 53.6 Å². The molecule has 0 aliphatic carbocycles. The van der Waals surface area contributed by atoms with Gasteiger partial charge in [0.1, 0.15) is 22.8 Å². The number of rotatable bonds is 6. The molecule has 0 atom stereocenters. The van der Waals surface area contributed by atoms with E-state index in [-0.39, 0.29) is 22.8 Å². The molecular formula is C22H26N2O4. The number of nitrogens with zero attached hydrogens (tertiary/aromatic N) is 2. The molecule has 1 heterocycles. The highest BCUT2D eigenvalue weighted by molar-refractivity contribution is 6.10. The van der Waals surface area contributed by atoms with Crippen molar-refractivity contribution in [1.29, 1.82) is 0 Å². The molecule has 0 saturated carbocycles. The predicted octanol–water partition coefficient (Wildman–Crippen LogP) is 3.06. The van der Waals surface area contributed by atoms with Crippen molar-refractivity contribution < 1.29 is 19.4 Å². The Morgan fingerprint density at radius 2 is 1.82 bits per heavy atom. The minimum absolute atomic E-state index is 0.120. The Hall–Kier alpha value is -2.99. The van der Waals surface area contributed by atoms with Crippen molar-refractivity contribution in [2.24, 2.45) is 0 Å². The molecule has 0 radical (unpaired) electrons.